The Morgan fingerprint density at radius 3 is 2.80 bits per heavy atom. The highest BCUT2D eigenvalue weighted by molar-refractivity contribution is 6.17. The number of aryl methyl sites for hydroxylation is 1. The van der Waals surface area contributed by atoms with E-state index in [1.165, 1.54) is 6.07 Å². The lowest BCUT2D eigenvalue weighted by molar-refractivity contribution is -0.386. The first kappa shape index (κ1) is 14.3. The van der Waals surface area contributed by atoms with Crippen molar-refractivity contribution in [1.82, 2.24) is 4.98 Å². The van der Waals surface area contributed by atoms with Crippen LogP contribution in [-0.4, -0.2) is 9.91 Å². The monoisotopic (exact) mass is 292 g/mol. The molecule has 0 radical (unpaired) electrons. The molecule has 0 saturated carbocycles. The quantitative estimate of drug-likeness (QED) is 0.479. The van der Waals surface area contributed by atoms with Gasteiger partial charge in [-0.25, -0.2) is 0 Å². The largest absolute Gasteiger partial charge is 0.480 e. The lowest BCUT2D eigenvalue weighted by Gasteiger charge is -2.07. The van der Waals surface area contributed by atoms with Gasteiger partial charge in [0, 0.05) is 17.6 Å². The Hall–Kier alpha value is -2.14. The van der Waals surface area contributed by atoms with E-state index < -0.39 is 4.92 Å². The van der Waals surface area contributed by atoms with Crippen molar-refractivity contribution in [3.63, 3.8) is 0 Å². The number of ether oxygens (including phenoxy) is 1. The van der Waals surface area contributed by atoms with Crippen molar-refractivity contribution in [2.24, 2.45) is 0 Å². The molecule has 0 amide bonds. The summed E-state index contributed by atoms with van der Waals surface area (Å²) in [4.78, 5) is 14.8. The fourth-order valence-corrected chi connectivity index (χ4v) is 1.91. The molecule has 0 aliphatic rings. The van der Waals surface area contributed by atoms with Crippen LogP contribution < -0.4 is 4.74 Å². The molecule has 1 aromatic carbocycles. The molecule has 0 bridgehead atoms. The highest BCUT2D eigenvalue weighted by Gasteiger charge is 2.16. The Bertz CT molecular complexity index is 632. The van der Waals surface area contributed by atoms with E-state index >= 15 is 0 Å². The Morgan fingerprint density at radius 2 is 2.15 bits per heavy atom. The average Bonchev–Trinajstić information content (AvgIpc) is 2.45. The van der Waals surface area contributed by atoms with Crippen LogP contribution in [0.25, 0.3) is 0 Å². The first-order valence-corrected chi connectivity index (χ1v) is 6.52. The van der Waals surface area contributed by atoms with Crippen LogP contribution in [0.5, 0.6) is 5.75 Å². The lowest BCUT2D eigenvalue weighted by atomic mass is 10.2. The molecule has 2 aromatic rings. The van der Waals surface area contributed by atoms with Crippen LogP contribution in [0.15, 0.2) is 36.4 Å². The van der Waals surface area contributed by atoms with E-state index in [9.17, 15) is 10.1 Å². The van der Waals surface area contributed by atoms with Crippen molar-refractivity contribution in [3.05, 3.63) is 63.5 Å². The Kier molecular flexibility index (Phi) is 4.53. The Balaban J connectivity index is 2.18. The molecular weight excluding hydrogens is 280 g/mol. The van der Waals surface area contributed by atoms with Crippen LogP contribution in [0.3, 0.4) is 0 Å². The number of nitro benzene ring substituents is 1. The Morgan fingerprint density at radius 1 is 1.35 bits per heavy atom. The molecule has 0 saturated heterocycles. The molecule has 2 rings (SSSR count). The number of hydrogen-bond donors (Lipinski definition) is 0. The van der Waals surface area contributed by atoms with Gasteiger partial charge < -0.3 is 4.74 Å². The van der Waals surface area contributed by atoms with Gasteiger partial charge in [-0.15, -0.1) is 11.6 Å². The van der Waals surface area contributed by atoms with Gasteiger partial charge in [-0.05, 0) is 30.7 Å². The van der Waals surface area contributed by atoms with E-state index in [-0.39, 0.29) is 23.9 Å². The van der Waals surface area contributed by atoms with Crippen molar-refractivity contribution in [2.45, 2.75) is 19.4 Å². The number of halogens is 1. The standard InChI is InChI=1S/C14H13ClN2O3/c1-10-3-2-4-12(16-10)9-20-14-6-5-11(8-15)7-13(14)17(18)19/h2-7H,8-9H2,1H3. The summed E-state index contributed by atoms with van der Waals surface area (Å²) in [5, 5.41) is 11.0. The molecule has 5 nitrogen and oxygen atoms in total. The van der Waals surface area contributed by atoms with Crippen LogP contribution in [0.1, 0.15) is 17.0 Å². The maximum atomic E-state index is 11.0. The number of aromatic nitrogens is 1. The van der Waals surface area contributed by atoms with Crippen LogP contribution >= 0.6 is 11.6 Å². The van der Waals surface area contributed by atoms with Crippen molar-refractivity contribution >= 4 is 17.3 Å². The van der Waals surface area contributed by atoms with Crippen molar-refractivity contribution in [2.75, 3.05) is 0 Å². The second kappa shape index (κ2) is 6.34. The van der Waals surface area contributed by atoms with E-state index in [0.29, 0.717) is 5.56 Å². The predicted molar refractivity (Wildman–Crippen MR) is 76.0 cm³/mol. The van der Waals surface area contributed by atoms with Crippen molar-refractivity contribution in [1.29, 1.82) is 0 Å². The molecule has 1 heterocycles. The van der Waals surface area contributed by atoms with Crippen molar-refractivity contribution < 1.29 is 9.66 Å². The molecule has 20 heavy (non-hydrogen) atoms. The summed E-state index contributed by atoms with van der Waals surface area (Å²) in [7, 11) is 0. The molecule has 6 heteroatoms. The minimum absolute atomic E-state index is 0.0872. The summed E-state index contributed by atoms with van der Waals surface area (Å²) in [6.45, 7) is 2.06. The van der Waals surface area contributed by atoms with Gasteiger partial charge in [0.2, 0.25) is 0 Å². The van der Waals surface area contributed by atoms with Gasteiger partial charge in [-0.2, -0.15) is 0 Å². The summed E-state index contributed by atoms with van der Waals surface area (Å²) in [5.41, 5.74) is 2.19. The second-order valence-corrected chi connectivity index (χ2v) is 4.52. The molecule has 0 fully saturated rings. The molecule has 0 spiro atoms. The first-order chi connectivity index (χ1) is 9.60. The maximum absolute atomic E-state index is 11.0. The SMILES string of the molecule is Cc1cccc(COc2ccc(CCl)cc2[N+](=O)[O-])n1. The number of nitrogens with zero attached hydrogens (tertiary/aromatic N) is 2. The highest BCUT2D eigenvalue weighted by atomic mass is 35.5. The number of alkyl halides is 1. The van der Waals surface area contributed by atoms with Gasteiger partial charge in [-0.1, -0.05) is 12.1 Å². The number of pyridine rings is 1. The second-order valence-electron chi connectivity index (χ2n) is 4.25. The van der Waals surface area contributed by atoms with Crippen LogP contribution in [0.2, 0.25) is 0 Å². The summed E-state index contributed by atoms with van der Waals surface area (Å²) >= 11 is 5.67. The molecule has 0 atom stereocenters. The van der Waals surface area contributed by atoms with Crippen LogP contribution in [0, 0.1) is 17.0 Å². The zero-order valence-electron chi connectivity index (χ0n) is 10.9. The molecule has 0 aliphatic carbocycles. The fourth-order valence-electron chi connectivity index (χ4n) is 1.74. The van der Waals surface area contributed by atoms with E-state index in [2.05, 4.69) is 4.98 Å². The van der Waals surface area contributed by atoms with Gasteiger partial charge in [0.25, 0.3) is 0 Å². The minimum atomic E-state index is -0.477. The number of benzene rings is 1. The van der Waals surface area contributed by atoms with E-state index in [4.69, 9.17) is 16.3 Å². The summed E-state index contributed by atoms with van der Waals surface area (Å²) < 4.78 is 5.49. The van der Waals surface area contributed by atoms with Crippen LogP contribution in [-0.2, 0) is 12.5 Å². The Labute approximate surface area is 121 Å². The summed E-state index contributed by atoms with van der Waals surface area (Å²) in [6.07, 6.45) is 0. The molecule has 0 aliphatic heterocycles. The predicted octanol–water partition coefficient (Wildman–Crippen LogP) is 3.62. The van der Waals surface area contributed by atoms with Gasteiger partial charge in [0.05, 0.1) is 10.6 Å². The van der Waals surface area contributed by atoms with Crippen LogP contribution in [0.4, 0.5) is 5.69 Å². The van der Waals surface area contributed by atoms with E-state index in [1.54, 1.807) is 12.1 Å². The number of nitro groups is 1. The average molecular weight is 293 g/mol. The van der Waals surface area contributed by atoms with Gasteiger partial charge in [-0.3, -0.25) is 15.1 Å². The summed E-state index contributed by atoms with van der Waals surface area (Å²) in [6, 6.07) is 10.2. The topological polar surface area (TPSA) is 65.3 Å². The third-order valence-corrected chi connectivity index (χ3v) is 3.00. The number of rotatable bonds is 5. The molecule has 1 aromatic heterocycles. The highest BCUT2D eigenvalue weighted by Crippen LogP contribution is 2.29. The van der Waals surface area contributed by atoms with Gasteiger partial charge in [0.15, 0.2) is 5.75 Å². The normalized spacial score (nSPS) is 10.3. The zero-order chi connectivity index (χ0) is 14.5. The number of hydrogen-bond acceptors (Lipinski definition) is 4. The fraction of sp³-hybridized carbons (Fsp3) is 0.214. The van der Waals surface area contributed by atoms with Crippen molar-refractivity contribution in [3.8, 4) is 5.75 Å². The lowest BCUT2D eigenvalue weighted by Crippen LogP contribution is -2.02. The van der Waals surface area contributed by atoms with Gasteiger partial charge >= 0.3 is 5.69 Å². The van der Waals surface area contributed by atoms with E-state index in [1.807, 2.05) is 25.1 Å². The third kappa shape index (κ3) is 3.45. The zero-order valence-corrected chi connectivity index (χ0v) is 11.6. The first-order valence-electron chi connectivity index (χ1n) is 5.99. The molecule has 0 unspecified atom stereocenters. The molecule has 104 valence electrons. The summed E-state index contributed by atoms with van der Waals surface area (Å²) in [5.74, 6) is 0.438. The van der Waals surface area contributed by atoms with Gasteiger partial charge in [0.1, 0.15) is 6.61 Å². The minimum Gasteiger partial charge on any atom is -0.480 e. The molecular formula is C14H13ClN2O3. The smallest absolute Gasteiger partial charge is 0.311 e. The maximum Gasteiger partial charge on any atom is 0.311 e. The van der Waals surface area contributed by atoms with E-state index in [0.717, 1.165) is 11.4 Å². The third-order valence-electron chi connectivity index (χ3n) is 2.70. The molecule has 0 N–H and O–H groups in total.